The molecular formula is C14H15N3O. The fourth-order valence-corrected chi connectivity index (χ4v) is 2.35. The van der Waals surface area contributed by atoms with Crippen molar-refractivity contribution in [1.29, 1.82) is 5.41 Å². The van der Waals surface area contributed by atoms with Gasteiger partial charge in [0.2, 0.25) is 0 Å². The summed E-state index contributed by atoms with van der Waals surface area (Å²) in [4.78, 5) is 13.3. The molecule has 0 radical (unpaired) electrons. The van der Waals surface area contributed by atoms with Gasteiger partial charge in [0.15, 0.2) is 0 Å². The Bertz CT molecular complexity index is 536. The van der Waals surface area contributed by atoms with Crippen molar-refractivity contribution >= 4 is 11.9 Å². The second kappa shape index (κ2) is 4.53. The van der Waals surface area contributed by atoms with Crippen LogP contribution in [0, 0.1) is 31.6 Å². The van der Waals surface area contributed by atoms with Gasteiger partial charge in [-0.05, 0) is 30.5 Å². The van der Waals surface area contributed by atoms with Gasteiger partial charge in [0.05, 0.1) is 6.54 Å². The molecule has 0 aromatic heterocycles. The Morgan fingerprint density at radius 2 is 2.06 bits per heavy atom. The molecule has 1 saturated heterocycles. The van der Waals surface area contributed by atoms with Crippen molar-refractivity contribution in [3.05, 3.63) is 34.9 Å². The van der Waals surface area contributed by atoms with Crippen LogP contribution in [0.2, 0.25) is 0 Å². The highest BCUT2D eigenvalue weighted by Gasteiger charge is 2.37. The lowest BCUT2D eigenvalue weighted by Gasteiger charge is -2.23. The Morgan fingerprint density at radius 1 is 1.44 bits per heavy atom. The average molecular weight is 241 g/mol. The van der Waals surface area contributed by atoms with E-state index in [1.165, 1.54) is 4.90 Å². The normalized spacial score (nSPS) is 18.7. The van der Waals surface area contributed by atoms with Crippen LogP contribution in [0.4, 0.5) is 4.79 Å². The lowest BCUT2D eigenvalue weighted by Crippen LogP contribution is -2.30. The largest absolute Gasteiger partial charge is 0.324 e. The summed E-state index contributed by atoms with van der Waals surface area (Å²) in [6, 6.07) is 5.23. The summed E-state index contributed by atoms with van der Waals surface area (Å²) in [5, 5.41) is 10.5. The number of amidine groups is 1. The second-order valence-electron chi connectivity index (χ2n) is 4.38. The van der Waals surface area contributed by atoms with Crippen LogP contribution < -0.4 is 5.32 Å². The third-order valence-corrected chi connectivity index (χ3v) is 3.16. The summed E-state index contributed by atoms with van der Waals surface area (Å²) in [5.74, 6) is 2.66. The topological polar surface area (TPSA) is 56.2 Å². The predicted molar refractivity (Wildman–Crippen MR) is 70.5 cm³/mol. The van der Waals surface area contributed by atoms with Crippen LogP contribution >= 0.6 is 0 Å². The Kier molecular flexibility index (Phi) is 3.07. The van der Waals surface area contributed by atoms with Crippen molar-refractivity contribution in [1.82, 2.24) is 10.2 Å². The second-order valence-corrected chi connectivity index (χ2v) is 4.38. The zero-order chi connectivity index (χ0) is 13.3. The molecule has 1 unspecified atom stereocenters. The van der Waals surface area contributed by atoms with Crippen LogP contribution in [0.5, 0.6) is 0 Å². The lowest BCUT2D eigenvalue weighted by molar-refractivity contribution is 0.212. The highest BCUT2D eigenvalue weighted by Crippen LogP contribution is 2.30. The highest BCUT2D eigenvalue weighted by atomic mass is 16.2. The Balaban J connectivity index is 2.51. The summed E-state index contributed by atoms with van der Waals surface area (Å²) in [6.07, 6.45) is 5.29. The van der Waals surface area contributed by atoms with Gasteiger partial charge >= 0.3 is 6.03 Å². The first-order valence-corrected chi connectivity index (χ1v) is 5.72. The lowest BCUT2D eigenvalue weighted by atomic mass is 9.95. The minimum atomic E-state index is -0.394. The number of rotatable bonds is 2. The molecule has 1 aromatic rings. The molecule has 1 fully saturated rings. The van der Waals surface area contributed by atoms with Gasteiger partial charge in [-0.1, -0.05) is 24.1 Å². The van der Waals surface area contributed by atoms with Gasteiger partial charge in [0.25, 0.3) is 0 Å². The van der Waals surface area contributed by atoms with Crippen molar-refractivity contribution in [2.24, 2.45) is 0 Å². The van der Waals surface area contributed by atoms with Crippen molar-refractivity contribution in [2.75, 3.05) is 6.54 Å². The third-order valence-electron chi connectivity index (χ3n) is 3.16. The van der Waals surface area contributed by atoms with Gasteiger partial charge in [-0.3, -0.25) is 15.6 Å². The van der Waals surface area contributed by atoms with Crippen LogP contribution in [0.25, 0.3) is 0 Å². The molecule has 0 bridgehead atoms. The van der Waals surface area contributed by atoms with Gasteiger partial charge in [-0.15, -0.1) is 6.42 Å². The van der Waals surface area contributed by atoms with E-state index in [2.05, 4.69) is 11.2 Å². The number of carbonyl (C=O) groups excluding carboxylic acids is 1. The summed E-state index contributed by atoms with van der Waals surface area (Å²) in [7, 11) is 0. The van der Waals surface area contributed by atoms with Gasteiger partial charge in [-0.25, -0.2) is 4.79 Å². The van der Waals surface area contributed by atoms with E-state index in [0.29, 0.717) is 0 Å². The van der Waals surface area contributed by atoms with E-state index < -0.39 is 6.04 Å². The monoisotopic (exact) mass is 241 g/mol. The molecule has 1 aliphatic rings. The van der Waals surface area contributed by atoms with Crippen LogP contribution in [0.15, 0.2) is 18.2 Å². The molecule has 0 spiro atoms. The number of nitrogens with zero attached hydrogens (tertiary/aromatic N) is 1. The third kappa shape index (κ3) is 1.84. The molecule has 2 rings (SSSR count). The van der Waals surface area contributed by atoms with E-state index >= 15 is 0 Å². The number of nitrogens with one attached hydrogen (secondary N) is 2. The number of aryl methyl sites for hydroxylation is 2. The average Bonchev–Trinajstić information content (AvgIpc) is 2.56. The maximum absolute atomic E-state index is 11.8. The van der Waals surface area contributed by atoms with Crippen molar-refractivity contribution in [3.63, 3.8) is 0 Å². The Labute approximate surface area is 107 Å². The van der Waals surface area contributed by atoms with Crippen molar-refractivity contribution in [3.8, 4) is 12.3 Å². The number of benzene rings is 1. The summed E-state index contributed by atoms with van der Waals surface area (Å²) >= 11 is 0. The maximum Gasteiger partial charge on any atom is 0.324 e. The summed E-state index contributed by atoms with van der Waals surface area (Å²) in [6.45, 7) is 4.16. The van der Waals surface area contributed by atoms with Crippen molar-refractivity contribution < 1.29 is 4.79 Å². The van der Waals surface area contributed by atoms with Gasteiger partial charge in [0, 0.05) is 0 Å². The number of terminal acetylenes is 1. The van der Waals surface area contributed by atoms with E-state index in [0.717, 1.165) is 16.7 Å². The predicted octanol–water partition coefficient (Wildman–Crippen LogP) is 1.98. The Morgan fingerprint density at radius 3 is 2.61 bits per heavy atom. The molecule has 18 heavy (non-hydrogen) atoms. The first-order chi connectivity index (χ1) is 8.56. The molecule has 2 N–H and O–H groups in total. The van der Waals surface area contributed by atoms with Crippen LogP contribution in [-0.2, 0) is 0 Å². The standard InChI is InChI=1S/C14H15N3O/c1-4-8-17-12(13(15)16-14(17)18)11-9(2)6-5-7-10(11)3/h1,5-7,12H,8H2,2-3H3,(H2,15,16,18). The quantitative estimate of drug-likeness (QED) is 0.764. The van der Waals surface area contributed by atoms with E-state index in [4.69, 9.17) is 11.8 Å². The molecule has 1 atom stereocenters. The molecule has 0 aliphatic carbocycles. The molecule has 1 aliphatic heterocycles. The van der Waals surface area contributed by atoms with Gasteiger partial charge in [0.1, 0.15) is 11.9 Å². The summed E-state index contributed by atoms with van der Waals surface area (Å²) < 4.78 is 0. The number of hydrogen-bond donors (Lipinski definition) is 2. The maximum atomic E-state index is 11.8. The molecule has 4 heteroatoms. The SMILES string of the molecule is C#CCN1C(=O)NC(=N)C1c1c(C)cccc1C. The van der Waals surface area contributed by atoms with E-state index in [-0.39, 0.29) is 18.4 Å². The highest BCUT2D eigenvalue weighted by molar-refractivity contribution is 6.06. The molecule has 0 saturated carbocycles. The first-order valence-electron chi connectivity index (χ1n) is 5.72. The van der Waals surface area contributed by atoms with E-state index in [9.17, 15) is 4.79 Å². The molecular weight excluding hydrogens is 226 g/mol. The van der Waals surface area contributed by atoms with Gasteiger partial charge < -0.3 is 0 Å². The molecule has 1 heterocycles. The van der Waals surface area contributed by atoms with Crippen molar-refractivity contribution in [2.45, 2.75) is 19.9 Å². The fourth-order valence-electron chi connectivity index (χ4n) is 2.35. The smallest absolute Gasteiger partial charge is 0.299 e. The zero-order valence-corrected chi connectivity index (χ0v) is 10.4. The summed E-state index contributed by atoms with van der Waals surface area (Å²) in [5.41, 5.74) is 3.10. The minimum absolute atomic E-state index is 0.188. The molecule has 2 amide bonds. The minimum Gasteiger partial charge on any atom is -0.299 e. The van der Waals surface area contributed by atoms with Crippen LogP contribution in [0.3, 0.4) is 0 Å². The van der Waals surface area contributed by atoms with Crippen LogP contribution in [0.1, 0.15) is 22.7 Å². The Hall–Kier alpha value is -2.28. The van der Waals surface area contributed by atoms with Gasteiger partial charge in [-0.2, -0.15) is 0 Å². The number of carbonyl (C=O) groups is 1. The molecule has 1 aromatic carbocycles. The fraction of sp³-hybridized carbons (Fsp3) is 0.286. The number of urea groups is 1. The zero-order valence-electron chi connectivity index (χ0n) is 10.4. The molecule has 4 nitrogen and oxygen atoms in total. The van der Waals surface area contributed by atoms with E-state index in [1.54, 1.807) is 0 Å². The van der Waals surface area contributed by atoms with E-state index in [1.807, 2.05) is 32.0 Å². The molecule has 92 valence electrons. The number of amides is 2. The number of hydrogen-bond acceptors (Lipinski definition) is 2. The first kappa shape index (κ1) is 12.2. The van der Waals surface area contributed by atoms with Crippen LogP contribution in [-0.4, -0.2) is 23.3 Å².